The Labute approximate surface area is 174 Å². The van der Waals surface area contributed by atoms with Crippen molar-refractivity contribution in [2.45, 2.75) is 32.8 Å². The monoisotopic (exact) mass is 411 g/mol. The second-order valence-electron chi connectivity index (χ2n) is 6.75. The minimum Gasteiger partial charge on any atom is -0.508 e. The number of aryl methyl sites for hydroxylation is 1. The summed E-state index contributed by atoms with van der Waals surface area (Å²) in [7, 11) is 0. The lowest BCUT2D eigenvalue weighted by Crippen LogP contribution is -2.02. The zero-order valence-corrected chi connectivity index (χ0v) is 16.9. The molecular weight excluding hydrogens is 390 g/mol. The van der Waals surface area contributed by atoms with Crippen molar-refractivity contribution in [1.29, 1.82) is 0 Å². The molecule has 150 valence electrons. The number of hydrogen-bond acceptors (Lipinski definition) is 4. The minimum absolute atomic E-state index is 0.0534. The average Bonchev–Trinajstić information content (AvgIpc) is 2.71. The molecule has 0 saturated carbocycles. The van der Waals surface area contributed by atoms with Crippen molar-refractivity contribution in [3.8, 4) is 22.6 Å². The van der Waals surface area contributed by atoms with Gasteiger partial charge >= 0.3 is 0 Å². The van der Waals surface area contributed by atoms with Crippen LogP contribution >= 0.6 is 11.6 Å². The van der Waals surface area contributed by atoms with Crippen molar-refractivity contribution in [3.63, 3.8) is 0 Å². The lowest BCUT2D eigenvalue weighted by molar-refractivity contribution is -0.384. The first-order valence-electron chi connectivity index (χ1n) is 9.47. The fourth-order valence-electron chi connectivity index (χ4n) is 3.27. The third kappa shape index (κ3) is 4.87. The lowest BCUT2D eigenvalue weighted by Gasteiger charge is -2.18. The SMILES string of the molecule is CCCCc1cc(O)cc(OCc2ccccc2)c1-c1c(Cl)cccc1[N+](=O)[O-]. The van der Waals surface area contributed by atoms with E-state index in [9.17, 15) is 15.2 Å². The van der Waals surface area contributed by atoms with Crippen molar-refractivity contribution >= 4 is 17.3 Å². The molecule has 0 radical (unpaired) electrons. The van der Waals surface area contributed by atoms with Crippen LogP contribution in [0.25, 0.3) is 11.1 Å². The van der Waals surface area contributed by atoms with Gasteiger partial charge in [0.25, 0.3) is 5.69 Å². The Balaban J connectivity index is 2.16. The Bertz CT molecular complexity index is 1010. The van der Waals surface area contributed by atoms with E-state index in [0.717, 1.165) is 24.0 Å². The smallest absolute Gasteiger partial charge is 0.278 e. The van der Waals surface area contributed by atoms with Crippen LogP contribution in [-0.4, -0.2) is 10.0 Å². The zero-order valence-electron chi connectivity index (χ0n) is 16.1. The third-order valence-corrected chi connectivity index (χ3v) is 4.96. The topological polar surface area (TPSA) is 72.6 Å². The molecule has 3 aromatic carbocycles. The first kappa shape index (κ1) is 20.7. The summed E-state index contributed by atoms with van der Waals surface area (Å²) in [5.74, 6) is 0.425. The second kappa shape index (κ2) is 9.43. The Kier molecular flexibility index (Phi) is 6.73. The molecule has 6 heteroatoms. The number of phenolic OH excluding ortho intramolecular Hbond substituents is 1. The van der Waals surface area contributed by atoms with E-state index in [2.05, 4.69) is 6.92 Å². The van der Waals surface area contributed by atoms with Gasteiger partial charge in [0.1, 0.15) is 18.1 Å². The summed E-state index contributed by atoms with van der Waals surface area (Å²) in [5.41, 5.74) is 2.50. The largest absolute Gasteiger partial charge is 0.508 e. The van der Waals surface area contributed by atoms with E-state index in [1.165, 1.54) is 12.1 Å². The van der Waals surface area contributed by atoms with Crippen LogP contribution in [0.4, 0.5) is 5.69 Å². The number of nitro benzene ring substituents is 1. The normalized spacial score (nSPS) is 10.7. The molecule has 0 saturated heterocycles. The molecule has 0 atom stereocenters. The van der Waals surface area contributed by atoms with Crippen molar-refractivity contribution in [2.24, 2.45) is 0 Å². The van der Waals surface area contributed by atoms with Gasteiger partial charge in [-0.15, -0.1) is 0 Å². The highest BCUT2D eigenvalue weighted by Gasteiger charge is 2.25. The molecule has 0 heterocycles. The van der Waals surface area contributed by atoms with Crippen LogP contribution in [0.5, 0.6) is 11.5 Å². The highest BCUT2D eigenvalue weighted by molar-refractivity contribution is 6.34. The number of nitro groups is 1. The number of rotatable bonds is 8. The van der Waals surface area contributed by atoms with Gasteiger partial charge in [-0.25, -0.2) is 0 Å². The second-order valence-corrected chi connectivity index (χ2v) is 7.15. The predicted octanol–water partition coefficient (Wildman–Crippen LogP) is 6.54. The molecule has 3 rings (SSSR count). The Morgan fingerprint density at radius 1 is 1.07 bits per heavy atom. The van der Waals surface area contributed by atoms with Crippen molar-refractivity contribution in [3.05, 3.63) is 86.9 Å². The molecule has 0 aromatic heterocycles. The number of hydrogen-bond donors (Lipinski definition) is 1. The van der Waals surface area contributed by atoms with Crippen molar-refractivity contribution < 1.29 is 14.8 Å². The van der Waals surface area contributed by atoms with E-state index in [1.54, 1.807) is 18.2 Å². The molecule has 0 fully saturated rings. The molecule has 1 N–H and O–H groups in total. The molecule has 0 aliphatic rings. The minimum atomic E-state index is -0.446. The molecule has 0 bridgehead atoms. The molecule has 3 aromatic rings. The average molecular weight is 412 g/mol. The standard InChI is InChI=1S/C23H22ClNO4/c1-2-3-10-17-13-18(26)14-21(29-15-16-8-5-4-6-9-16)22(17)23-19(24)11-7-12-20(23)25(27)28/h4-9,11-14,26H,2-3,10,15H2,1H3. The molecule has 0 aliphatic carbocycles. The number of nitrogens with zero attached hydrogens (tertiary/aromatic N) is 1. The highest BCUT2D eigenvalue weighted by Crippen LogP contribution is 2.45. The van der Waals surface area contributed by atoms with Gasteiger partial charge in [-0.1, -0.05) is 61.3 Å². The Morgan fingerprint density at radius 2 is 1.83 bits per heavy atom. The van der Waals surface area contributed by atoms with Crippen LogP contribution < -0.4 is 4.74 Å². The zero-order chi connectivity index (χ0) is 20.8. The van der Waals surface area contributed by atoms with Gasteiger partial charge in [0.2, 0.25) is 0 Å². The van der Waals surface area contributed by atoms with Gasteiger partial charge in [-0.2, -0.15) is 0 Å². The van der Waals surface area contributed by atoms with Gasteiger partial charge in [0, 0.05) is 17.7 Å². The number of aromatic hydroxyl groups is 1. The Hall–Kier alpha value is -3.05. The highest BCUT2D eigenvalue weighted by atomic mass is 35.5. The van der Waals surface area contributed by atoms with E-state index >= 15 is 0 Å². The van der Waals surface area contributed by atoms with E-state index in [1.807, 2.05) is 30.3 Å². The maximum absolute atomic E-state index is 11.7. The number of benzene rings is 3. The van der Waals surface area contributed by atoms with Gasteiger partial charge in [-0.05, 0) is 36.1 Å². The summed E-state index contributed by atoms with van der Waals surface area (Å²) < 4.78 is 6.03. The van der Waals surface area contributed by atoms with Crippen molar-refractivity contribution in [1.82, 2.24) is 0 Å². The van der Waals surface area contributed by atoms with Crippen LogP contribution in [0, 0.1) is 10.1 Å². The predicted molar refractivity (Wildman–Crippen MR) is 115 cm³/mol. The Morgan fingerprint density at radius 3 is 2.52 bits per heavy atom. The summed E-state index contributed by atoms with van der Waals surface area (Å²) in [6.45, 7) is 2.33. The molecule has 5 nitrogen and oxygen atoms in total. The summed E-state index contributed by atoms with van der Waals surface area (Å²) in [6, 6.07) is 17.3. The fourth-order valence-corrected chi connectivity index (χ4v) is 3.53. The molecular formula is C23H22ClNO4. The van der Waals surface area contributed by atoms with Crippen LogP contribution in [0.2, 0.25) is 5.02 Å². The van der Waals surface area contributed by atoms with Crippen LogP contribution in [0.15, 0.2) is 60.7 Å². The van der Waals surface area contributed by atoms with E-state index in [-0.39, 0.29) is 23.1 Å². The van der Waals surface area contributed by atoms with Gasteiger partial charge in [0.15, 0.2) is 0 Å². The van der Waals surface area contributed by atoms with E-state index in [4.69, 9.17) is 16.3 Å². The molecule has 0 spiro atoms. The summed E-state index contributed by atoms with van der Waals surface area (Å²) >= 11 is 6.42. The van der Waals surface area contributed by atoms with Gasteiger partial charge < -0.3 is 9.84 Å². The molecule has 0 amide bonds. The molecule has 0 aliphatic heterocycles. The van der Waals surface area contributed by atoms with Crippen LogP contribution in [0.1, 0.15) is 30.9 Å². The van der Waals surface area contributed by atoms with Crippen LogP contribution in [-0.2, 0) is 13.0 Å². The van der Waals surface area contributed by atoms with E-state index < -0.39 is 4.92 Å². The number of phenols is 1. The fraction of sp³-hybridized carbons (Fsp3) is 0.217. The number of halogens is 1. The summed E-state index contributed by atoms with van der Waals surface area (Å²) in [4.78, 5) is 11.2. The first-order valence-corrected chi connectivity index (χ1v) is 9.85. The maximum atomic E-state index is 11.7. The number of ether oxygens (including phenoxy) is 1. The van der Waals surface area contributed by atoms with E-state index in [0.29, 0.717) is 23.3 Å². The van der Waals surface area contributed by atoms with Gasteiger partial charge in [0.05, 0.1) is 15.5 Å². The first-order chi connectivity index (χ1) is 14.0. The van der Waals surface area contributed by atoms with Crippen molar-refractivity contribution in [2.75, 3.05) is 0 Å². The maximum Gasteiger partial charge on any atom is 0.278 e. The van der Waals surface area contributed by atoms with Crippen LogP contribution in [0.3, 0.4) is 0 Å². The molecule has 29 heavy (non-hydrogen) atoms. The molecule has 0 unspecified atom stereocenters. The van der Waals surface area contributed by atoms with Gasteiger partial charge in [-0.3, -0.25) is 10.1 Å². The summed E-state index contributed by atoms with van der Waals surface area (Å²) in [5, 5.41) is 22.2. The number of unbranched alkanes of at least 4 members (excludes halogenated alkanes) is 1. The third-order valence-electron chi connectivity index (χ3n) is 4.64. The lowest BCUT2D eigenvalue weighted by atomic mass is 9.93. The summed E-state index contributed by atoms with van der Waals surface area (Å²) in [6.07, 6.45) is 2.46. The quantitative estimate of drug-likeness (QED) is 0.337.